The molecule has 4 rings (SSSR count). The van der Waals surface area contributed by atoms with Crippen LogP contribution in [0.15, 0.2) is 35.7 Å². The number of carbonyl (C=O) groups excluding carboxylic acids is 2. The summed E-state index contributed by atoms with van der Waals surface area (Å²) in [5, 5.41) is 3.21. The number of piperazine rings is 1. The van der Waals surface area contributed by atoms with Crippen molar-refractivity contribution in [3.05, 3.63) is 51.2 Å². The highest BCUT2D eigenvalue weighted by Gasteiger charge is 2.30. The zero-order valence-electron chi connectivity index (χ0n) is 20.8. The lowest BCUT2D eigenvalue weighted by Gasteiger charge is -2.37. The van der Waals surface area contributed by atoms with Crippen LogP contribution in [0.5, 0.6) is 5.88 Å². The van der Waals surface area contributed by atoms with Crippen molar-refractivity contribution < 1.29 is 19.1 Å². The van der Waals surface area contributed by atoms with Crippen molar-refractivity contribution in [3.63, 3.8) is 0 Å². The second-order valence-electron chi connectivity index (χ2n) is 8.78. The van der Waals surface area contributed by atoms with Gasteiger partial charge in [0.25, 0.3) is 5.91 Å². The molecular weight excluding hydrogens is 500 g/mol. The number of thiophene rings is 1. The van der Waals surface area contributed by atoms with E-state index in [1.165, 1.54) is 11.3 Å². The third kappa shape index (κ3) is 5.91. The van der Waals surface area contributed by atoms with E-state index < -0.39 is 5.97 Å². The van der Waals surface area contributed by atoms with Crippen LogP contribution in [0, 0.1) is 0 Å². The van der Waals surface area contributed by atoms with Crippen LogP contribution >= 0.6 is 22.9 Å². The van der Waals surface area contributed by atoms with Crippen LogP contribution in [0.1, 0.15) is 33.4 Å². The summed E-state index contributed by atoms with van der Waals surface area (Å²) < 4.78 is 11.5. The van der Waals surface area contributed by atoms with E-state index in [0.717, 1.165) is 23.2 Å². The molecule has 0 bridgehead atoms. The summed E-state index contributed by atoms with van der Waals surface area (Å²) in [5.41, 5.74) is 1.67. The maximum atomic E-state index is 13.3. The number of hydrogen-bond acceptors (Lipinski definition) is 8. The highest BCUT2D eigenvalue weighted by Crippen LogP contribution is 2.38. The number of rotatable bonds is 9. The Kier molecular flexibility index (Phi) is 8.66. The van der Waals surface area contributed by atoms with Crippen LogP contribution in [-0.2, 0) is 4.74 Å². The number of esters is 1. The maximum absolute atomic E-state index is 13.3. The van der Waals surface area contributed by atoms with Crippen molar-refractivity contribution in [2.75, 3.05) is 64.9 Å². The number of benzene rings is 1. The highest BCUT2D eigenvalue weighted by atomic mass is 35.5. The van der Waals surface area contributed by atoms with Crippen LogP contribution in [0.2, 0.25) is 5.02 Å². The molecule has 2 aromatic heterocycles. The molecule has 1 saturated heterocycles. The van der Waals surface area contributed by atoms with E-state index >= 15 is 0 Å². The Balaban J connectivity index is 1.70. The topological polar surface area (TPSA) is 75.2 Å². The van der Waals surface area contributed by atoms with Gasteiger partial charge in [0.05, 0.1) is 29.3 Å². The molecular formula is C26H31ClN4O4S. The molecule has 0 spiro atoms. The number of ether oxygens (including phenoxy) is 2. The molecule has 1 aromatic carbocycles. The van der Waals surface area contributed by atoms with Crippen LogP contribution < -0.4 is 9.64 Å². The number of fused-ring (bicyclic) bond motifs is 1. The Hall–Kier alpha value is -2.88. The Labute approximate surface area is 220 Å². The molecule has 0 N–H and O–H groups in total. The Morgan fingerprint density at radius 1 is 1.17 bits per heavy atom. The first-order chi connectivity index (χ1) is 17.4. The van der Waals surface area contributed by atoms with Crippen molar-refractivity contribution in [3.8, 4) is 5.88 Å². The second-order valence-corrected chi connectivity index (χ2v) is 10.2. The molecule has 1 aliphatic heterocycles. The van der Waals surface area contributed by atoms with Gasteiger partial charge in [0, 0.05) is 43.1 Å². The fourth-order valence-electron chi connectivity index (χ4n) is 4.26. The van der Waals surface area contributed by atoms with Crippen LogP contribution in [-0.4, -0.2) is 86.7 Å². The molecule has 192 valence electrons. The van der Waals surface area contributed by atoms with Crippen molar-refractivity contribution in [2.24, 2.45) is 0 Å². The van der Waals surface area contributed by atoms with Crippen LogP contribution in [0.4, 0.5) is 5.69 Å². The van der Waals surface area contributed by atoms with Gasteiger partial charge in [-0.15, -0.1) is 11.3 Å². The molecule has 3 heterocycles. The number of pyridine rings is 1. The van der Waals surface area contributed by atoms with Gasteiger partial charge in [-0.2, -0.15) is 0 Å². The number of aromatic nitrogens is 1. The largest absolute Gasteiger partial charge is 0.477 e. The van der Waals surface area contributed by atoms with E-state index in [1.807, 2.05) is 48.6 Å². The summed E-state index contributed by atoms with van der Waals surface area (Å²) in [5.74, 6) is -0.196. The highest BCUT2D eigenvalue weighted by molar-refractivity contribution is 7.12. The van der Waals surface area contributed by atoms with Crippen molar-refractivity contribution in [2.45, 2.75) is 13.3 Å². The van der Waals surface area contributed by atoms with Crippen molar-refractivity contribution in [1.82, 2.24) is 14.8 Å². The maximum Gasteiger partial charge on any atom is 0.345 e. The second kappa shape index (κ2) is 11.9. The zero-order valence-corrected chi connectivity index (χ0v) is 22.4. The van der Waals surface area contributed by atoms with E-state index in [-0.39, 0.29) is 18.4 Å². The Bertz CT molecular complexity index is 1210. The normalized spacial score (nSPS) is 13.9. The fraction of sp³-hybridized carbons (Fsp3) is 0.423. The number of hydrogen-bond donors (Lipinski definition) is 0. The molecule has 0 aliphatic carbocycles. The third-order valence-electron chi connectivity index (χ3n) is 5.97. The van der Waals surface area contributed by atoms with Gasteiger partial charge in [-0.3, -0.25) is 4.79 Å². The minimum Gasteiger partial charge on any atom is -0.477 e. The number of anilines is 1. The van der Waals surface area contributed by atoms with Gasteiger partial charge in [0.1, 0.15) is 5.56 Å². The van der Waals surface area contributed by atoms with Gasteiger partial charge in [-0.25, -0.2) is 9.78 Å². The van der Waals surface area contributed by atoms with Gasteiger partial charge >= 0.3 is 5.97 Å². The molecule has 1 fully saturated rings. The average molecular weight is 531 g/mol. The van der Waals surface area contributed by atoms with Gasteiger partial charge in [-0.05, 0) is 57.1 Å². The number of nitrogens with zero attached hydrogens (tertiary/aromatic N) is 4. The minimum atomic E-state index is -0.485. The Morgan fingerprint density at radius 3 is 2.61 bits per heavy atom. The fourth-order valence-corrected chi connectivity index (χ4v) is 5.12. The summed E-state index contributed by atoms with van der Waals surface area (Å²) in [4.78, 5) is 37.6. The molecule has 8 nitrogen and oxygen atoms in total. The van der Waals surface area contributed by atoms with Crippen molar-refractivity contribution >= 4 is 51.4 Å². The van der Waals surface area contributed by atoms with Gasteiger partial charge in [0.2, 0.25) is 5.88 Å². The molecule has 0 radical (unpaired) electrons. The lowest BCUT2D eigenvalue weighted by Crippen LogP contribution is -2.49. The number of amides is 1. The predicted octanol–water partition coefficient (Wildman–Crippen LogP) is 4.42. The van der Waals surface area contributed by atoms with E-state index in [2.05, 4.69) is 14.8 Å². The Morgan fingerprint density at radius 2 is 1.94 bits per heavy atom. The molecule has 36 heavy (non-hydrogen) atoms. The summed E-state index contributed by atoms with van der Waals surface area (Å²) in [6, 6.07) is 9.15. The van der Waals surface area contributed by atoms with Gasteiger partial charge < -0.3 is 24.2 Å². The monoisotopic (exact) mass is 530 g/mol. The van der Waals surface area contributed by atoms with Crippen molar-refractivity contribution in [1.29, 1.82) is 0 Å². The predicted molar refractivity (Wildman–Crippen MR) is 144 cm³/mol. The quantitative estimate of drug-likeness (QED) is 0.299. The molecule has 0 saturated carbocycles. The summed E-state index contributed by atoms with van der Waals surface area (Å²) in [6.07, 6.45) is 0.786. The average Bonchev–Trinajstić information content (AvgIpc) is 3.41. The molecule has 0 atom stereocenters. The van der Waals surface area contributed by atoms with Gasteiger partial charge in [0.15, 0.2) is 0 Å². The lowest BCUT2D eigenvalue weighted by atomic mass is 10.1. The molecule has 1 amide bonds. The summed E-state index contributed by atoms with van der Waals surface area (Å²) in [7, 11) is 4.01. The first-order valence-corrected chi connectivity index (χ1v) is 13.3. The lowest BCUT2D eigenvalue weighted by molar-refractivity contribution is 0.0520. The van der Waals surface area contributed by atoms with E-state index in [4.69, 9.17) is 21.1 Å². The van der Waals surface area contributed by atoms with Crippen LogP contribution in [0.3, 0.4) is 0 Å². The minimum absolute atomic E-state index is 0.0304. The smallest absolute Gasteiger partial charge is 0.345 e. The zero-order chi connectivity index (χ0) is 25.7. The van der Waals surface area contributed by atoms with E-state index in [9.17, 15) is 9.59 Å². The molecule has 3 aromatic rings. The van der Waals surface area contributed by atoms with Gasteiger partial charge in [-0.1, -0.05) is 17.7 Å². The number of carbonyl (C=O) groups is 2. The molecule has 0 unspecified atom stereocenters. The molecule has 1 aliphatic rings. The standard InChI is InChI=1S/C26H31ClN4O4S/c1-4-34-26(33)22-23(30-11-13-31(14-12-30)25(32)21-7-5-16-36-21)19-17-18(27)8-9-20(19)28-24(22)35-15-6-10-29(2)3/h5,7-9,16-17H,4,6,10-15H2,1-3H3. The third-order valence-corrected chi connectivity index (χ3v) is 7.06. The molecule has 10 heteroatoms. The first kappa shape index (κ1) is 26.2. The summed E-state index contributed by atoms with van der Waals surface area (Å²) in [6.45, 7) is 5.43. The first-order valence-electron chi connectivity index (χ1n) is 12.0. The SMILES string of the molecule is CCOC(=O)c1c(OCCCN(C)C)nc2ccc(Cl)cc2c1N1CCN(C(=O)c2cccs2)CC1. The summed E-state index contributed by atoms with van der Waals surface area (Å²) >= 11 is 7.81. The number of halogens is 1. The van der Waals surface area contributed by atoms with E-state index in [0.29, 0.717) is 54.6 Å². The van der Waals surface area contributed by atoms with E-state index in [1.54, 1.807) is 13.0 Å². The van der Waals surface area contributed by atoms with Crippen LogP contribution in [0.25, 0.3) is 10.9 Å².